The van der Waals surface area contributed by atoms with Crippen LogP contribution in [0.25, 0.3) is 22.6 Å². The summed E-state index contributed by atoms with van der Waals surface area (Å²) >= 11 is 0. The maximum absolute atomic E-state index is 13.4. The molecule has 170 valence electrons. The van der Waals surface area contributed by atoms with Gasteiger partial charge in [-0.3, -0.25) is 9.69 Å². The summed E-state index contributed by atoms with van der Waals surface area (Å²) in [6.45, 7) is 6.43. The fraction of sp³-hybridized carbons (Fsp3) is 0.417. The lowest BCUT2D eigenvalue weighted by Crippen LogP contribution is -2.48. The molecule has 0 atom stereocenters. The van der Waals surface area contributed by atoms with E-state index in [0.29, 0.717) is 23.5 Å². The Kier molecular flexibility index (Phi) is 7.14. The molecule has 32 heavy (non-hydrogen) atoms. The highest BCUT2D eigenvalue weighted by Crippen LogP contribution is 2.25. The Labute approximate surface area is 187 Å². The molecule has 0 bridgehead atoms. The van der Waals surface area contributed by atoms with Crippen molar-refractivity contribution < 1.29 is 13.6 Å². The standard InChI is InChI=1S/C24H30FN5O2/c1-28(2)10-3-11-29-12-14-30(15-13-29)17-23(31)26-20-7-4-18(5-8-20)24-27-21-16-19(25)6-9-22(21)32-24/h4-9,16H,3,10-15,17H2,1-2H3,(H,26,31). The second kappa shape index (κ2) is 10.2. The number of oxazole rings is 1. The summed E-state index contributed by atoms with van der Waals surface area (Å²) in [6.07, 6.45) is 1.17. The molecule has 0 spiro atoms. The Bertz CT molecular complexity index is 1040. The van der Waals surface area contributed by atoms with Crippen LogP contribution in [0.4, 0.5) is 10.1 Å². The fourth-order valence-corrected chi connectivity index (χ4v) is 3.91. The molecular weight excluding hydrogens is 409 g/mol. The molecule has 1 aromatic heterocycles. The summed E-state index contributed by atoms with van der Waals surface area (Å²) in [5, 5.41) is 2.96. The van der Waals surface area contributed by atoms with Crippen molar-refractivity contribution in [1.29, 1.82) is 0 Å². The van der Waals surface area contributed by atoms with Crippen LogP contribution in [0.1, 0.15) is 6.42 Å². The molecule has 2 aromatic carbocycles. The van der Waals surface area contributed by atoms with Crippen molar-refractivity contribution in [2.24, 2.45) is 0 Å². The third kappa shape index (κ3) is 5.91. The number of nitrogens with one attached hydrogen (secondary N) is 1. The van der Waals surface area contributed by atoms with Crippen molar-refractivity contribution in [3.63, 3.8) is 0 Å². The van der Waals surface area contributed by atoms with E-state index in [4.69, 9.17) is 4.42 Å². The normalized spacial score (nSPS) is 15.5. The third-order valence-electron chi connectivity index (χ3n) is 5.68. The van der Waals surface area contributed by atoms with Crippen LogP contribution in [-0.4, -0.2) is 85.5 Å². The third-order valence-corrected chi connectivity index (χ3v) is 5.68. The Morgan fingerprint density at radius 1 is 1.09 bits per heavy atom. The van der Waals surface area contributed by atoms with Crippen LogP contribution in [-0.2, 0) is 4.79 Å². The first-order chi connectivity index (χ1) is 15.5. The van der Waals surface area contributed by atoms with Gasteiger partial charge in [0.05, 0.1) is 6.54 Å². The van der Waals surface area contributed by atoms with Gasteiger partial charge >= 0.3 is 0 Å². The molecule has 1 aliphatic heterocycles. The number of piperazine rings is 1. The van der Waals surface area contributed by atoms with Crippen LogP contribution in [0.3, 0.4) is 0 Å². The van der Waals surface area contributed by atoms with Crippen molar-refractivity contribution in [2.75, 3.05) is 65.2 Å². The lowest BCUT2D eigenvalue weighted by molar-refractivity contribution is -0.117. The Balaban J connectivity index is 1.25. The molecule has 2 heterocycles. The number of hydrogen-bond donors (Lipinski definition) is 1. The van der Waals surface area contributed by atoms with Crippen molar-refractivity contribution in [2.45, 2.75) is 6.42 Å². The number of anilines is 1. The molecule has 0 radical (unpaired) electrons. The minimum atomic E-state index is -0.346. The molecule has 3 aromatic rings. The molecule has 0 aliphatic carbocycles. The number of nitrogens with zero attached hydrogens (tertiary/aromatic N) is 4. The smallest absolute Gasteiger partial charge is 0.238 e. The molecule has 1 amide bonds. The monoisotopic (exact) mass is 439 g/mol. The summed E-state index contributed by atoms with van der Waals surface area (Å²) < 4.78 is 19.1. The average Bonchev–Trinajstić information content (AvgIpc) is 3.18. The summed E-state index contributed by atoms with van der Waals surface area (Å²) in [5.41, 5.74) is 2.51. The molecule has 1 fully saturated rings. The molecule has 1 saturated heterocycles. The molecule has 1 aliphatic rings. The first-order valence-corrected chi connectivity index (χ1v) is 11.0. The highest BCUT2D eigenvalue weighted by molar-refractivity contribution is 5.92. The predicted molar refractivity (Wildman–Crippen MR) is 124 cm³/mol. The quantitative estimate of drug-likeness (QED) is 0.582. The second-order valence-electron chi connectivity index (χ2n) is 8.53. The van der Waals surface area contributed by atoms with E-state index < -0.39 is 0 Å². The highest BCUT2D eigenvalue weighted by atomic mass is 19.1. The van der Waals surface area contributed by atoms with Crippen molar-refractivity contribution in [1.82, 2.24) is 19.7 Å². The maximum atomic E-state index is 13.4. The first kappa shape index (κ1) is 22.4. The SMILES string of the molecule is CN(C)CCCN1CCN(CC(=O)Nc2ccc(-c3nc4cc(F)ccc4o3)cc2)CC1. The van der Waals surface area contributed by atoms with E-state index in [1.54, 1.807) is 6.07 Å². The van der Waals surface area contributed by atoms with Gasteiger partial charge in [0.2, 0.25) is 11.8 Å². The molecule has 0 saturated carbocycles. The first-order valence-electron chi connectivity index (χ1n) is 11.0. The topological polar surface area (TPSA) is 64.8 Å². The van der Waals surface area contributed by atoms with Gasteiger partial charge < -0.3 is 19.5 Å². The van der Waals surface area contributed by atoms with E-state index in [1.165, 1.54) is 18.6 Å². The minimum absolute atomic E-state index is 0.0175. The van der Waals surface area contributed by atoms with Crippen LogP contribution in [0.2, 0.25) is 0 Å². The van der Waals surface area contributed by atoms with Gasteiger partial charge in [0.25, 0.3) is 0 Å². The zero-order valence-corrected chi connectivity index (χ0v) is 18.7. The number of fused-ring (bicyclic) bond motifs is 1. The summed E-state index contributed by atoms with van der Waals surface area (Å²) in [5.74, 6) is 0.0595. The zero-order valence-electron chi connectivity index (χ0n) is 18.7. The van der Waals surface area contributed by atoms with Gasteiger partial charge in [-0.1, -0.05) is 0 Å². The van der Waals surface area contributed by atoms with Gasteiger partial charge in [-0.2, -0.15) is 0 Å². The molecule has 4 rings (SSSR count). The second-order valence-corrected chi connectivity index (χ2v) is 8.53. The van der Waals surface area contributed by atoms with E-state index in [-0.39, 0.29) is 11.7 Å². The number of carbonyl (C=O) groups is 1. The molecule has 7 nitrogen and oxygen atoms in total. The Morgan fingerprint density at radius 2 is 1.81 bits per heavy atom. The zero-order chi connectivity index (χ0) is 22.5. The average molecular weight is 440 g/mol. The van der Waals surface area contributed by atoms with E-state index in [9.17, 15) is 9.18 Å². The lowest BCUT2D eigenvalue weighted by Gasteiger charge is -2.34. The van der Waals surface area contributed by atoms with Crippen molar-refractivity contribution >= 4 is 22.7 Å². The van der Waals surface area contributed by atoms with Crippen molar-refractivity contribution in [3.05, 3.63) is 48.3 Å². The van der Waals surface area contributed by atoms with Crippen LogP contribution in [0, 0.1) is 5.82 Å². The van der Waals surface area contributed by atoms with Crippen LogP contribution >= 0.6 is 0 Å². The van der Waals surface area contributed by atoms with Gasteiger partial charge in [0, 0.05) is 43.5 Å². The Hall–Kier alpha value is -2.81. The fourth-order valence-electron chi connectivity index (χ4n) is 3.91. The van der Waals surface area contributed by atoms with Gasteiger partial charge in [-0.05, 0) is 70.0 Å². The van der Waals surface area contributed by atoms with Gasteiger partial charge in [0.1, 0.15) is 11.3 Å². The van der Waals surface area contributed by atoms with Crippen LogP contribution in [0.5, 0.6) is 0 Å². The van der Waals surface area contributed by atoms with E-state index >= 15 is 0 Å². The molecular formula is C24H30FN5O2. The van der Waals surface area contributed by atoms with E-state index in [1.807, 2.05) is 24.3 Å². The van der Waals surface area contributed by atoms with Gasteiger partial charge in [0.15, 0.2) is 5.58 Å². The van der Waals surface area contributed by atoms with Gasteiger partial charge in [-0.15, -0.1) is 0 Å². The highest BCUT2D eigenvalue weighted by Gasteiger charge is 2.19. The Morgan fingerprint density at radius 3 is 2.53 bits per heavy atom. The number of halogens is 1. The predicted octanol–water partition coefficient (Wildman–Crippen LogP) is 3.14. The molecule has 8 heteroatoms. The summed E-state index contributed by atoms with van der Waals surface area (Å²) in [7, 11) is 4.20. The van der Waals surface area contributed by atoms with Crippen LogP contribution < -0.4 is 5.32 Å². The minimum Gasteiger partial charge on any atom is -0.436 e. The van der Waals surface area contributed by atoms with Crippen LogP contribution in [0.15, 0.2) is 46.9 Å². The summed E-state index contributed by atoms with van der Waals surface area (Å²) in [6, 6.07) is 11.6. The van der Waals surface area contributed by atoms with Crippen molar-refractivity contribution in [3.8, 4) is 11.5 Å². The number of rotatable bonds is 8. The molecule has 0 unspecified atom stereocenters. The largest absolute Gasteiger partial charge is 0.436 e. The van der Waals surface area contributed by atoms with E-state index in [2.05, 4.69) is 39.1 Å². The number of aromatic nitrogens is 1. The molecule has 1 N–H and O–H groups in total. The maximum Gasteiger partial charge on any atom is 0.238 e. The van der Waals surface area contributed by atoms with E-state index in [0.717, 1.165) is 50.5 Å². The summed E-state index contributed by atoms with van der Waals surface area (Å²) in [4.78, 5) is 23.7. The number of amides is 1. The van der Waals surface area contributed by atoms with Gasteiger partial charge in [-0.25, -0.2) is 9.37 Å². The number of hydrogen-bond acceptors (Lipinski definition) is 6. The lowest BCUT2D eigenvalue weighted by atomic mass is 10.2. The number of carbonyl (C=O) groups excluding carboxylic acids is 1. The number of benzene rings is 2.